The number of methoxy groups -OCH3 is 1. The summed E-state index contributed by atoms with van der Waals surface area (Å²) in [7, 11) is 1.70. The Morgan fingerprint density at radius 3 is 2.72 bits per heavy atom. The molecule has 9 heteroatoms. The van der Waals surface area contributed by atoms with E-state index in [9.17, 15) is 0 Å². The Morgan fingerprint density at radius 2 is 1.91 bits per heavy atom. The number of aromatic nitrogens is 5. The Labute approximate surface area is 190 Å². The Balaban J connectivity index is 1.31. The monoisotopic (exact) mass is 445 g/mol. The largest absolute Gasteiger partial charge is 0.497 e. The van der Waals surface area contributed by atoms with Crippen LogP contribution in [0, 0.1) is 0 Å². The number of thiophene rings is 1. The van der Waals surface area contributed by atoms with Gasteiger partial charge in [-0.2, -0.15) is 5.10 Å². The zero-order valence-electron chi connectivity index (χ0n) is 17.8. The molecule has 8 nitrogen and oxygen atoms in total. The Hall–Kier alpha value is -3.30. The SMILES string of the molecule is COc1ccc(CN2Cn3ncnc3-c3c2sc2c3CCN(Cc3ncccn3)C2)cc1. The summed E-state index contributed by atoms with van der Waals surface area (Å²) >= 11 is 1.89. The van der Waals surface area contributed by atoms with Crippen LogP contribution in [0.5, 0.6) is 5.75 Å². The maximum Gasteiger partial charge on any atom is 0.163 e. The number of benzene rings is 1. The topological polar surface area (TPSA) is 72.2 Å². The second kappa shape index (κ2) is 7.99. The van der Waals surface area contributed by atoms with Gasteiger partial charge in [-0.1, -0.05) is 12.1 Å². The molecule has 0 bridgehead atoms. The fourth-order valence-electron chi connectivity index (χ4n) is 4.50. The van der Waals surface area contributed by atoms with E-state index in [1.165, 1.54) is 26.6 Å². The first-order valence-corrected chi connectivity index (χ1v) is 11.5. The second-order valence-corrected chi connectivity index (χ2v) is 9.16. The maximum atomic E-state index is 5.31. The van der Waals surface area contributed by atoms with Crippen molar-refractivity contribution in [2.75, 3.05) is 18.6 Å². The molecule has 32 heavy (non-hydrogen) atoms. The maximum absolute atomic E-state index is 5.31. The van der Waals surface area contributed by atoms with E-state index in [0.29, 0.717) is 6.67 Å². The van der Waals surface area contributed by atoms with E-state index in [0.717, 1.165) is 50.0 Å². The van der Waals surface area contributed by atoms with Gasteiger partial charge in [0.1, 0.15) is 29.6 Å². The number of rotatable bonds is 5. The van der Waals surface area contributed by atoms with Gasteiger partial charge in [0.2, 0.25) is 0 Å². The molecule has 4 aromatic rings. The standard InChI is InChI=1S/C23H23N7OS/c1-31-17-5-3-16(4-6-17)11-29-15-30-22(26-14-27-30)21-18-7-10-28(12-19(18)32-23(21)29)13-20-24-8-2-9-25-20/h2-6,8-9,14H,7,10-13,15H2,1H3. The van der Waals surface area contributed by atoms with Gasteiger partial charge in [0.25, 0.3) is 0 Å². The second-order valence-electron chi connectivity index (χ2n) is 8.08. The van der Waals surface area contributed by atoms with Crippen molar-refractivity contribution in [3.8, 4) is 17.1 Å². The van der Waals surface area contributed by atoms with Crippen LogP contribution in [0.2, 0.25) is 0 Å². The molecule has 6 rings (SSSR count). The lowest BCUT2D eigenvalue weighted by Crippen LogP contribution is -2.31. The first kappa shape index (κ1) is 19.4. The molecule has 0 N–H and O–H groups in total. The quantitative estimate of drug-likeness (QED) is 0.466. The Kier molecular flexibility index (Phi) is 4.84. The highest BCUT2D eigenvalue weighted by Gasteiger charge is 2.33. The lowest BCUT2D eigenvalue weighted by Gasteiger charge is -2.29. The van der Waals surface area contributed by atoms with E-state index in [4.69, 9.17) is 4.74 Å². The van der Waals surface area contributed by atoms with Crippen LogP contribution in [0.3, 0.4) is 0 Å². The van der Waals surface area contributed by atoms with Crippen molar-refractivity contribution in [3.05, 3.63) is 70.9 Å². The minimum atomic E-state index is 0.704. The van der Waals surface area contributed by atoms with Crippen LogP contribution in [-0.4, -0.2) is 43.3 Å². The minimum absolute atomic E-state index is 0.704. The molecule has 0 atom stereocenters. The van der Waals surface area contributed by atoms with E-state index in [1.807, 2.05) is 46.6 Å². The third kappa shape index (κ3) is 3.43. The van der Waals surface area contributed by atoms with Gasteiger partial charge in [0.15, 0.2) is 5.82 Å². The van der Waals surface area contributed by atoms with Gasteiger partial charge in [-0.25, -0.2) is 19.6 Å². The van der Waals surface area contributed by atoms with Crippen molar-refractivity contribution in [2.24, 2.45) is 0 Å². The average molecular weight is 446 g/mol. The van der Waals surface area contributed by atoms with Gasteiger partial charge < -0.3 is 9.64 Å². The predicted octanol–water partition coefficient (Wildman–Crippen LogP) is 3.34. The zero-order valence-corrected chi connectivity index (χ0v) is 18.6. The Bertz CT molecular complexity index is 1240. The molecule has 0 saturated heterocycles. The molecule has 0 saturated carbocycles. The van der Waals surface area contributed by atoms with Crippen molar-refractivity contribution in [1.82, 2.24) is 29.6 Å². The number of hydrogen-bond donors (Lipinski definition) is 0. The molecular weight excluding hydrogens is 422 g/mol. The highest BCUT2D eigenvalue weighted by Crippen LogP contribution is 2.47. The molecule has 0 amide bonds. The molecule has 3 aromatic heterocycles. The average Bonchev–Trinajstić information content (AvgIpc) is 3.44. The van der Waals surface area contributed by atoms with Crippen LogP contribution >= 0.6 is 11.3 Å². The van der Waals surface area contributed by atoms with Crippen LogP contribution in [0.15, 0.2) is 49.1 Å². The smallest absolute Gasteiger partial charge is 0.163 e. The van der Waals surface area contributed by atoms with Crippen LogP contribution in [-0.2, 0) is 32.7 Å². The van der Waals surface area contributed by atoms with Gasteiger partial charge in [0.05, 0.1) is 19.2 Å². The number of hydrogen-bond acceptors (Lipinski definition) is 8. The first-order valence-electron chi connectivity index (χ1n) is 10.7. The van der Waals surface area contributed by atoms with E-state index in [-0.39, 0.29) is 0 Å². The number of anilines is 1. The van der Waals surface area contributed by atoms with Crippen molar-refractivity contribution >= 4 is 16.3 Å². The molecule has 0 fully saturated rings. The summed E-state index contributed by atoms with van der Waals surface area (Å²) in [5.74, 6) is 2.74. The molecule has 0 radical (unpaired) electrons. The van der Waals surface area contributed by atoms with E-state index >= 15 is 0 Å². The van der Waals surface area contributed by atoms with E-state index < -0.39 is 0 Å². The highest BCUT2D eigenvalue weighted by molar-refractivity contribution is 7.17. The summed E-state index contributed by atoms with van der Waals surface area (Å²) in [6, 6.07) is 10.2. The molecule has 0 spiro atoms. The third-order valence-corrected chi connectivity index (χ3v) is 7.34. The van der Waals surface area contributed by atoms with Crippen LogP contribution in [0.25, 0.3) is 11.4 Å². The van der Waals surface area contributed by atoms with Gasteiger partial charge in [-0.3, -0.25) is 4.90 Å². The van der Waals surface area contributed by atoms with Gasteiger partial charge in [-0.15, -0.1) is 11.3 Å². The van der Waals surface area contributed by atoms with E-state index in [1.54, 1.807) is 13.4 Å². The summed E-state index contributed by atoms with van der Waals surface area (Å²) in [5.41, 5.74) is 3.93. The molecule has 0 aliphatic carbocycles. The van der Waals surface area contributed by atoms with Gasteiger partial charge in [0, 0.05) is 36.9 Å². The van der Waals surface area contributed by atoms with Gasteiger partial charge in [-0.05, 0) is 35.7 Å². The minimum Gasteiger partial charge on any atom is -0.497 e. The Morgan fingerprint density at radius 1 is 1.06 bits per heavy atom. The van der Waals surface area contributed by atoms with Gasteiger partial charge >= 0.3 is 0 Å². The molecule has 162 valence electrons. The summed E-state index contributed by atoms with van der Waals surface area (Å²) in [5, 5.41) is 5.79. The summed E-state index contributed by atoms with van der Waals surface area (Å²) < 4.78 is 7.33. The summed E-state index contributed by atoms with van der Waals surface area (Å²) in [4.78, 5) is 19.7. The van der Waals surface area contributed by atoms with Crippen LogP contribution in [0.4, 0.5) is 5.00 Å². The fraction of sp³-hybridized carbons (Fsp3) is 0.304. The lowest BCUT2D eigenvalue weighted by molar-refractivity contribution is 0.243. The molecule has 0 unspecified atom stereocenters. The molecule has 5 heterocycles. The third-order valence-electron chi connectivity index (χ3n) is 6.07. The summed E-state index contributed by atoms with van der Waals surface area (Å²) in [6.45, 7) is 4.19. The highest BCUT2D eigenvalue weighted by atomic mass is 32.1. The van der Waals surface area contributed by atoms with Crippen LogP contribution in [0.1, 0.15) is 21.8 Å². The predicted molar refractivity (Wildman–Crippen MR) is 122 cm³/mol. The fourth-order valence-corrected chi connectivity index (χ4v) is 5.88. The zero-order chi connectivity index (χ0) is 21.5. The number of nitrogens with zero attached hydrogens (tertiary/aromatic N) is 7. The molecular formula is C23H23N7OS. The molecule has 2 aliphatic rings. The summed E-state index contributed by atoms with van der Waals surface area (Å²) in [6.07, 6.45) is 6.29. The van der Waals surface area contributed by atoms with Crippen molar-refractivity contribution in [2.45, 2.75) is 32.7 Å². The lowest BCUT2D eigenvalue weighted by atomic mass is 10.0. The van der Waals surface area contributed by atoms with Crippen molar-refractivity contribution in [3.63, 3.8) is 0 Å². The molecule has 2 aliphatic heterocycles. The normalized spacial score (nSPS) is 15.2. The molecule has 1 aromatic carbocycles. The van der Waals surface area contributed by atoms with Crippen molar-refractivity contribution < 1.29 is 4.74 Å². The number of ether oxygens (including phenoxy) is 1. The van der Waals surface area contributed by atoms with E-state index in [2.05, 4.69) is 42.0 Å². The first-order chi connectivity index (χ1) is 15.8. The van der Waals surface area contributed by atoms with Crippen LogP contribution < -0.4 is 9.64 Å². The van der Waals surface area contributed by atoms with Crippen molar-refractivity contribution in [1.29, 1.82) is 0 Å². The number of fused-ring (bicyclic) bond motifs is 5.